The highest BCUT2D eigenvalue weighted by Gasteiger charge is 2.33. The first-order chi connectivity index (χ1) is 6.09. The Morgan fingerprint density at radius 3 is 2.85 bits per heavy atom. The van der Waals surface area contributed by atoms with E-state index in [1.165, 1.54) is 5.56 Å². The van der Waals surface area contributed by atoms with Crippen molar-refractivity contribution < 1.29 is 4.74 Å². The summed E-state index contributed by atoms with van der Waals surface area (Å²) in [5, 5.41) is 0. The molecule has 1 aromatic rings. The lowest BCUT2D eigenvalue weighted by Gasteiger charge is -2.37. The summed E-state index contributed by atoms with van der Waals surface area (Å²) >= 11 is 0. The van der Waals surface area contributed by atoms with Gasteiger partial charge in [0.2, 0.25) is 0 Å². The van der Waals surface area contributed by atoms with Crippen molar-refractivity contribution in [3.8, 4) is 5.75 Å². The number of fused-ring (bicyclic) bond motifs is 1. The van der Waals surface area contributed by atoms with Gasteiger partial charge in [-0.25, -0.2) is 0 Å². The molecular weight excluding hydrogens is 162 g/mol. The maximum atomic E-state index is 6.00. The van der Waals surface area contributed by atoms with Crippen molar-refractivity contribution in [3.05, 3.63) is 29.8 Å². The highest BCUT2D eigenvalue weighted by molar-refractivity contribution is 5.37. The minimum Gasteiger partial charge on any atom is -0.486 e. The van der Waals surface area contributed by atoms with Crippen molar-refractivity contribution in [2.45, 2.75) is 31.9 Å². The maximum absolute atomic E-state index is 6.00. The molecule has 0 bridgehead atoms. The molecule has 2 N–H and O–H groups in total. The fourth-order valence-corrected chi connectivity index (χ4v) is 1.61. The lowest BCUT2D eigenvalue weighted by Crippen LogP contribution is -2.51. The molecule has 0 saturated carbocycles. The molecule has 0 saturated heterocycles. The highest BCUT2D eigenvalue weighted by atomic mass is 16.5. The monoisotopic (exact) mass is 177 g/mol. The molecule has 2 heteroatoms. The second-order valence-corrected chi connectivity index (χ2v) is 4.12. The summed E-state index contributed by atoms with van der Waals surface area (Å²) in [5.41, 5.74) is 6.98. The Hall–Kier alpha value is -1.02. The van der Waals surface area contributed by atoms with Gasteiger partial charge >= 0.3 is 0 Å². The summed E-state index contributed by atoms with van der Waals surface area (Å²) in [7, 11) is 0. The molecular formula is C11H15NO. The lowest BCUT2D eigenvalue weighted by molar-refractivity contribution is 0.0640. The van der Waals surface area contributed by atoms with Crippen LogP contribution in [0.2, 0.25) is 0 Å². The van der Waals surface area contributed by atoms with E-state index in [0.717, 1.165) is 12.2 Å². The maximum Gasteiger partial charge on any atom is 0.123 e. The van der Waals surface area contributed by atoms with Crippen LogP contribution < -0.4 is 10.5 Å². The average molecular weight is 177 g/mol. The minimum absolute atomic E-state index is 0.0856. The number of benzene rings is 1. The third kappa shape index (κ3) is 1.42. The molecule has 0 aromatic heterocycles. The van der Waals surface area contributed by atoms with Crippen LogP contribution in [0, 0.1) is 0 Å². The van der Waals surface area contributed by atoms with E-state index < -0.39 is 0 Å². The number of hydrogen-bond acceptors (Lipinski definition) is 2. The van der Waals surface area contributed by atoms with Crippen molar-refractivity contribution >= 4 is 0 Å². The molecule has 0 amide bonds. The van der Waals surface area contributed by atoms with Gasteiger partial charge in [0, 0.05) is 6.04 Å². The van der Waals surface area contributed by atoms with Crippen LogP contribution in [0.3, 0.4) is 0 Å². The van der Waals surface area contributed by atoms with E-state index in [0.29, 0.717) is 0 Å². The normalized spacial score (nSPS) is 24.7. The second kappa shape index (κ2) is 2.74. The van der Waals surface area contributed by atoms with Crippen molar-refractivity contribution in [1.29, 1.82) is 0 Å². The van der Waals surface area contributed by atoms with Gasteiger partial charge in [-0.3, -0.25) is 0 Å². The third-order valence-electron chi connectivity index (χ3n) is 2.68. The topological polar surface area (TPSA) is 35.2 Å². The number of ether oxygens (including phenoxy) is 1. The predicted molar refractivity (Wildman–Crippen MR) is 52.8 cm³/mol. The number of nitrogens with two attached hydrogens (primary N) is 1. The van der Waals surface area contributed by atoms with E-state index >= 15 is 0 Å². The van der Waals surface area contributed by atoms with E-state index in [1.807, 2.05) is 32.0 Å². The van der Waals surface area contributed by atoms with Gasteiger partial charge in [0.05, 0.1) is 0 Å². The van der Waals surface area contributed by atoms with Crippen LogP contribution in [-0.2, 0) is 6.42 Å². The predicted octanol–water partition coefficient (Wildman–Crippen LogP) is 1.73. The molecule has 2 rings (SSSR count). The molecule has 1 atom stereocenters. The Kier molecular flexibility index (Phi) is 1.81. The number of hydrogen-bond donors (Lipinski definition) is 1. The van der Waals surface area contributed by atoms with Crippen LogP contribution in [-0.4, -0.2) is 11.6 Å². The standard InChI is InChI=1S/C11H15NO/c1-11(2)10(12)7-8-5-3-4-6-9(8)13-11/h3-6,10H,7,12H2,1-2H3. The molecule has 1 heterocycles. The van der Waals surface area contributed by atoms with Crippen molar-refractivity contribution in [2.75, 3.05) is 0 Å². The Morgan fingerprint density at radius 2 is 2.08 bits per heavy atom. The average Bonchev–Trinajstić information content (AvgIpc) is 2.06. The quantitative estimate of drug-likeness (QED) is 0.655. The van der Waals surface area contributed by atoms with Gasteiger partial charge in [0.15, 0.2) is 0 Å². The largest absolute Gasteiger partial charge is 0.486 e. The van der Waals surface area contributed by atoms with E-state index in [-0.39, 0.29) is 11.6 Å². The van der Waals surface area contributed by atoms with Crippen LogP contribution in [0.1, 0.15) is 19.4 Å². The van der Waals surface area contributed by atoms with Crippen molar-refractivity contribution in [2.24, 2.45) is 5.73 Å². The van der Waals surface area contributed by atoms with Gasteiger partial charge in [-0.05, 0) is 31.9 Å². The molecule has 1 aromatic carbocycles. The van der Waals surface area contributed by atoms with Gasteiger partial charge in [-0.15, -0.1) is 0 Å². The van der Waals surface area contributed by atoms with Gasteiger partial charge in [0.1, 0.15) is 11.4 Å². The van der Waals surface area contributed by atoms with Crippen LogP contribution >= 0.6 is 0 Å². The zero-order valence-electron chi connectivity index (χ0n) is 8.08. The zero-order chi connectivity index (χ0) is 9.47. The van der Waals surface area contributed by atoms with Crippen LogP contribution in [0.4, 0.5) is 0 Å². The van der Waals surface area contributed by atoms with Crippen molar-refractivity contribution in [3.63, 3.8) is 0 Å². The van der Waals surface area contributed by atoms with Gasteiger partial charge < -0.3 is 10.5 Å². The third-order valence-corrected chi connectivity index (χ3v) is 2.68. The summed E-state index contributed by atoms with van der Waals surface area (Å²) in [6.07, 6.45) is 0.906. The van der Waals surface area contributed by atoms with Gasteiger partial charge in [-0.1, -0.05) is 18.2 Å². The van der Waals surface area contributed by atoms with Crippen LogP contribution in [0.15, 0.2) is 24.3 Å². The molecule has 1 aliphatic rings. The van der Waals surface area contributed by atoms with Gasteiger partial charge in [0.25, 0.3) is 0 Å². The molecule has 0 aliphatic carbocycles. The molecule has 0 radical (unpaired) electrons. The Labute approximate surface area is 78.7 Å². The first-order valence-corrected chi connectivity index (χ1v) is 4.62. The second-order valence-electron chi connectivity index (χ2n) is 4.12. The first-order valence-electron chi connectivity index (χ1n) is 4.62. The molecule has 0 fully saturated rings. The summed E-state index contributed by atoms with van der Waals surface area (Å²) in [4.78, 5) is 0. The van der Waals surface area contributed by atoms with Crippen LogP contribution in [0.5, 0.6) is 5.75 Å². The molecule has 13 heavy (non-hydrogen) atoms. The van der Waals surface area contributed by atoms with E-state index in [1.54, 1.807) is 0 Å². The minimum atomic E-state index is -0.242. The van der Waals surface area contributed by atoms with E-state index in [9.17, 15) is 0 Å². The van der Waals surface area contributed by atoms with Gasteiger partial charge in [-0.2, -0.15) is 0 Å². The summed E-state index contributed by atoms with van der Waals surface area (Å²) in [6, 6.07) is 8.18. The van der Waals surface area contributed by atoms with Crippen molar-refractivity contribution in [1.82, 2.24) is 0 Å². The fourth-order valence-electron chi connectivity index (χ4n) is 1.61. The zero-order valence-corrected chi connectivity index (χ0v) is 8.08. The first kappa shape index (κ1) is 8.57. The van der Waals surface area contributed by atoms with E-state index in [2.05, 4.69) is 6.07 Å². The summed E-state index contributed by atoms with van der Waals surface area (Å²) in [6.45, 7) is 4.07. The summed E-state index contributed by atoms with van der Waals surface area (Å²) in [5.74, 6) is 0.981. The number of para-hydroxylation sites is 1. The summed E-state index contributed by atoms with van der Waals surface area (Å²) < 4.78 is 5.81. The lowest BCUT2D eigenvalue weighted by atomic mass is 9.89. The molecule has 1 aliphatic heterocycles. The van der Waals surface area contributed by atoms with Crippen LogP contribution in [0.25, 0.3) is 0 Å². The molecule has 1 unspecified atom stereocenters. The Morgan fingerprint density at radius 1 is 1.38 bits per heavy atom. The SMILES string of the molecule is CC1(C)Oc2ccccc2CC1N. The number of rotatable bonds is 0. The fraction of sp³-hybridized carbons (Fsp3) is 0.455. The molecule has 2 nitrogen and oxygen atoms in total. The smallest absolute Gasteiger partial charge is 0.123 e. The Bertz CT molecular complexity index is 320. The van der Waals surface area contributed by atoms with E-state index in [4.69, 9.17) is 10.5 Å². The molecule has 0 spiro atoms. The highest BCUT2D eigenvalue weighted by Crippen LogP contribution is 2.31. The molecule has 70 valence electrons. The Balaban J connectivity index is 2.39.